The fraction of sp³-hybridized carbons (Fsp3) is 0.111. The Morgan fingerprint density at radius 1 is 1.47 bits per heavy atom. The maximum absolute atomic E-state index is 13.5. The Morgan fingerprint density at radius 3 is 2.93 bits per heavy atom. The first-order chi connectivity index (χ1) is 7.16. The van der Waals surface area contributed by atoms with Crippen LogP contribution in [0.2, 0.25) is 5.02 Å². The van der Waals surface area contributed by atoms with Gasteiger partial charge in [-0.25, -0.2) is 9.37 Å². The molecular weight excluding hydrogens is 237 g/mol. The summed E-state index contributed by atoms with van der Waals surface area (Å²) in [7, 11) is 0. The topological polar surface area (TPSA) is 51.8 Å². The van der Waals surface area contributed by atoms with E-state index in [0.29, 0.717) is 22.9 Å². The van der Waals surface area contributed by atoms with Gasteiger partial charge >= 0.3 is 0 Å². The molecule has 0 aliphatic rings. The Morgan fingerprint density at radius 2 is 2.27 bits per heavy atom. The maximum atomic E-state index is 13.5. The molecule has 0 spiro atoms. The van der Waals surface area contributed by atoms with Crippen molar-refractivity contribution in [3.05, 3.63) is 40.4 Å². The largest absolute Gasteiger partial charge is 0.374 e. The highest BCUT2D eigenvalue weighted by Gasteiger charge is 2.09. The average Bonchev–Trinajstić information content (AvgIpc) is 2.59. The lowest BCUT2D eigenvalue weighted by Gasteiger charge is -2.00. The lowest BCUT2D eigenvalue weighted by atomic mass is 10.1. The predicted molar refractivity (Wildman–Crippen MR) is 58.5 cm³/mol. The molecule has 0 fully saturated rings. The van der Waals surface area contributed by atoms with Gasteiger partial charge in [0.1, 0.15) is 11.6 Å². The van der Waals surface area contributed by atoms with Gasteiger partial charge in [0, 0.05) is 18.0 Å². The van der Waals surface area contributed by atoms with Crippen LogP contribution in [0.25, 0.3) is 0 Å². The summed E-state index contributed by atoms with van der Waals surface area (Å²) in [6.07, 6.45) is 0.306. The molecule has 6 heteroatoms. The third-order valence-corrected chi connectivity index (χ3v) is 2.74. The number of nitrogen functional groups attached to an aromatic ring is 1. The number of nitrogens with zero attached hydrogens (tertiary/aromatic N) is 2. The van der Waals surface area contributed by atoms with Crippen molar-refractivity contribution in [3.8, 4) is 0 Å². The van der Waals surface area contributed by atoms with Crippen molar-refractivity contribution in [1.29, 1.82) is 0 Å². The van der Waals surface area contributed by atoms with E-state index >= 15 is 0 Å². The second-order valence-corrected chi connectivity index (χ2v) is 4.13. The van der Waals surface area contributed by atoms with Crippen molar-refractivity contribution in [3.63, 3.8) is 0 Å². The summed E-state index contributed by atoms with van der Waals surface area (Å²) in [5.41, 5.74) is 5.90. The normalized spacial score (nSPS) is 10.5. The van der Waals surface area contributed by atoms with Gasteiger partial charge in [0.05, 0.1) is 5.02 Å². The van der Waals surface area contributed by atoms with Gasteiger partial charge in [-0.05, 0) is 11.6 Å². The number of benzene rings is 1. The van der Waals surface area contributed by atoms with Crippen LogP contribution in [0.3, 0.4) is 0 Å². The van der Waals surface area contributed by atoms with Crippen molar-refractivity contribution in [2.24, 2.45) is 0 Å². The van der Waals surface area contributed by atoms with E-state index in [4.69, 9.17) is 17.3 Å². The number of hydrogen-bond acceptors (Lipinski definition) is 4. The molecule has 15 heavy (non-hydrogen) atoms. The van der Waals surface area contributed by atoms with Crippen molar-refractivity contribution >= 4 is 28.3 Å². The summed E-state index contributed by atoms with van der Waals surface area (Å²) in [6, 6.07) is 4.85. The Balaban J connectivity index is 2.28. The summed E-state index contributed by atoms with van der Waals surface area (Å²) >= 11 is 6.74. The minimum atomic E-state index is -0.424. The smallest absolute Gasteiger partial charge is 0.199 e. The van der Waals surface area contributed by atoms with Gasteiger partial charge in [0.25, 0.3) is 0 Å². The first-order valence-corrected chi connectivity index (χ1v) is 5.33. The van der Waals surface area contributed by atoms with Crippen LogP contribution in [0, 0.1) is 5.82 Å². The number of aromatic nitrogens is 2. The van der Waals surface area contributed by atoms with E-state index in [1.165, 1.54) is 6.07 Å². The molecule has 0 saturated carbocycles. The van der Waals surface area contributed by atoms with Crippen molar-refractivity contribution in [1.82, 2.24) is 9.36 Å². The van der Waals surface area contributed by atoms with Crippen LogP contribution in [0.4, 0.5) is 9.52 Å². The van der Waals surface area contributed by atoms with Crippen LogP contribution in [0.1, 0.15) is 11.4 Å². The fourth-order valence-corrected chi connectivity index (χ4v) is 1.84. The molecule has 0 saturated heterocycles. The van der Waals surface area contributed by atoms with Gasteiger partial charge in [-0.1, -0.05) is 23.7 Å². The van der Waals surface area contributed by atoms with Crippen LogP contribution in [0.15, 0.2) is 18.2 Å². The molecule has 0 aliphatic carbocycles. The summed E-state index contributed by atoms with van der Waals surface area (Å²) < 4.78 is 17.5. The van der Waals surface area contributed by atoms with E-state index in [9.17, 15) is 4.39 Å². The van der Waals surface area contributed by atoms with Gasteiger partial charge in [-0.3, -0.25) is 0 Å². The molecule has 0 atom stereocenters. The zero-order valence-electron chi connectivity index (χ0n) is 7.58. The van der Waals surface area contributed by atoms with E-state index in [1.54, 1.807) is 12.1 Å². The standard InChI is InChI=1S/C9H7ClFN3S/c10-6-3-1-2-5(8(6)11)4-7-13-9(12)15-14-7/h1-3H,4H2,(H2,12,13,14). The minimum absolute atomic E-state index is 0.107. The Hall–Kier alpha value is -1.20. The number of hydrogen-bond donors (Lipinski definition) is 1. The number of nitrogens with two attached hydrogens (primary N) is 1. The van der Waals surface area contributed by atoms with Gasteiger partial charge in [0.2, 0.25) is 0 Å². The molecule has 0 radical (unpaired) electrons. The van der Waals surface area contributed by atoms with Crippen LogP contribution in [-0.4, -0.2) is 9.36 Å². The highest BCUT2D eigenvalue weighted by atomic mass is 35.5. The van der Waals surface area contributed by atoms with Crippen molar-refractivity contribution in [2.45, 2.75) is 6.42 Å². The molecule has 1 heterocycles. The first-order valence-electron chi connectivity index (χ1n) is 4.18. The van der Waals surface area contributed by atoms with Gasteiger partial charge in [0.15, 0.2) is 5.13 Å². The van der Waals surface area contributed by atoms with Crippen LogP contribution in [0.5, 0.6) is 0 Å². The quantitative estimate of drug-likeness (QED) is 0.882. The lowest BCUT2D eigenvalue weighted by Crippen LogP contribution is -1.95. The van der Waals surface area contributed by atoms with Crippen molar-refractivity contribution in [2.75, 3.05) is 5.73 Å². The molecule has 2 N–H and O–H groups in total. The summed E-state index contributed by atoms with van der Waals surface area (Å²) in [4.78, 5) is 3.95. The summed E-state index contributed by atoms with van der Waals surface area (Å²) in [5.74, 6) is 0.0891. The molecule has 2 aromatic rings. The molecule has 2 rings (SSSR count). The zero-order valence-corrected chi connectivity index (χ0v) is 9.15. The fourth-order valence-electron chi connectivity index (χ4n) is 1.19. The molecule has 3 nitrogen and oxygen atoms in total. The second kappa shape index (κ2) is 4.12. The predicted octanol–water partition coefficient (Wildman–Crippen LogP) is 2.50. The van der Waals surface area contributed by atoms with Gasteiger partial charge in [-0.2, -0.15) is 4.37 Å². The number of rotatable bonds is 2. The maximum Gasteiger partial charge on any atom is 0.199 e. The molecule has 0 unspecified atom stereocenters. The lowest BCUT2D eigenvalue weighted by molar-refractivity contribution is 0.613. The molecule has 78 valence electrons. The third kappa shape index (κ3) is 2.24. The first kappa shape index (κ1) is 10.3. The Kier molecular flexibility index (Phi) is 2.83. The van der Waals surface area contributed by atoms with E-state index in [2.05, 4.69) is 9.36 Å². The molecule has 0 aliphatic heterocycles. The third-order valence-electron chi connectivity index (χ3n) is 1.86. The van der Waals surface area contributed by atoms with Crippen molar-refractivity contribution < 1.29 is 4.39 Å². The summed E-state index contributed by atoms with van der Waals surface area (Å²) in [5, 5.41) is 0.489. The van der Waals surface area contributed by atoms with Crippen LogP contribution in [-0.2, 0) is 6.42 Å². The molecule has 0 amide bonds. The zero-order chi connectivity index (χ0) is 10.8. The molecular formula is C9H7ClFN3S. The van der Waals surface area contributed by atoms with E-state index in [1.807, 2.05) is 0 Å². The summed E-state index contributed by atoms with van der Waals surface area (Å²) in [6.45, 7) is 0. The number of anilines is 1. The molecule has 1 aromatic carbocycles. The van der Waals surface area contributed by atoms with E-state index in [0.717, 1.165) is 11.5 Å². The van der Waals surface area contributed by atoms with Gasteiger partial charge < -0.3 is 5.73 Å². The SMILES string of the molecule is Nc1nc(Cc2cccc(Cl)c2F)ns1. The van der Waals surface area contributed by atoms with E-state index in [-0.39, 0.29) is 5.02 Å². The highest BCUT2D eigenvalue weighted by molar-refractivity contribution is 7.09. The molecule has 1 aromatic heterocycles. The molecule has 0 bridgehead atoms. The Labute approximate surface area is 94.9 Å². The Bertz CT molecular complexity index is 486. The van der Waals surface area contributed by atoms with E-state index < -0.39 is 5.82 Å². The second-order valence-electron chi connectivity index (χ2n) is 2.94. The number of halogens is 2. The van der Waals surface area contributed by atoms with Crippen LogP contribution < -0.4 is 5.73 Å². The average molecular weight is 244 g/mol. The van der Waals surface area contributed by atoms with Crippen LogP contribution >= 0.6 is 23.1 Å². The van der Waals surface area contributed by atoms with Gasteiger partial charge in [-0.15, -0.1) is 0 Å². The monoisotopic (exact) mass is 243 g/mol. The minimum Gasteiger partial charge on any atom is -0.374 e. The highest BCUT2D eigenvalue weighted by Crippen LogP contribution is 2.20.